The quantitative estimate of drug-likeness (QED) is 0.861. The van der Waals surface area contributed by atoms with E-state index >= 15 is 0 Å². The van der Waals surface area contributed by atoms with Crippen molar-refractivity contribution in [1.82, 2.24) is 10.1 Å². The van der Waals surface area contributed by atoms with Gasteiger partial charge in [0, 0.05) is 6.54 Å². The molecule has 2 heterocycles. The zero-order valence-electron chi connectivity index (χ0n) is 10.1. The summed E-state index contributed by atoms with van der Waals surface area (Å²) in [6, 6.07) is 1.87. The van der Waals surface area contributed by atoms with E-state index in [-0.39, 0.29) is 5.92 Å². The van der Waals surface area contributed by atoms with Crippen molar-refractivity contribution >= 4 is 0 Å². The molecule has 92 valence electrons. The van der Waals surface area contributed by atoms with Gasteiger partial charge in [-0.2, -0.15) is 4.98 Å². The maximum Gasteiger partial charge on any atom is 0.238 e. The average molecular weight is 235 g/mol. The Morgan fingerprint density at radius 3 is 2.88 bits per heavy atom. The van der Waals surface area contributed by atoms with Crippen molar-refractivity contribution in [2.24, 2.45) is 5.73 Å². The largest absolute Gasteiger partial charge is 0.461 e. The number of aromatic nitrogens is 2. The molecule has 0 aliphatic rings. The molecule has 0 spiro atoms. The Kier molecular flexibility index (Phi) is 3.58. The van der Waals surface area contributed by atoms with Crippen molar-refractivity contribution in [1.29, 1.82) is 0 Å². The number of hydrogen-bond acceptors (Lipinski definition) is 5. The van der Waals surface area contributed by atoms with E-state index in [0.29, 0.717) is 24.0 Å². The van der Waals surface area contributed by atoms with Crippen molar-refractivity contribution < 1.29 is 8.94 Å². The summed E-state index contributed by atoms with van der Waals surface area (Å²) in [5, 5.41) is 3.94. The summed E-state index contributed by atoms with van der Waals surface area (Å²) in [5.74, 6) is 1.89. The fourth-order valence-electron chi connectivity index (χ4n) is 1.79. The summed E-state index contributed by atoms with van der Waals surface area (Å²) in [4.78, 5) is 4.35. The molecule has 5 heteroatoms. The molecule has 0 bridgehead atoms. The van der Waals surface area contributed by atoms with Gasteiger partial charge in [-0.15, -0.1) is 0 Å². The molecule has 0 aliphatic heterocycles. The predicted octanol–water partition coefficient (Wildman–Crippen LogP) is 2.48. The van der Waals surface area contributed by atoms with Crippen LogP contribution in [0.15, 0.2) is 21.3 Å². The highest BCUT2D eigenvalue weighted by atomic mass is 16.5. The highest BCUT2D eigenvalue weighted by molar-refractivity contribution is 5.51. The fraction of sp³-hybridized carbons (Fsp3) is 0.500. The van der Waals surface area contributed by atoms with Gasteiger partial charge in [-0.3, -0.25) is 0 Å². The summed E-state index contributed by atoms with van der Waals surface area (Å²) < 4.78 is 10.6. The van der Waals surface area contributed by atoms with Crippen LogP contribution in [0.5, 0.6) is 0 Å². The smallest absolute Gasteiger partial charge is 0.238 e. The summed E-state index contributed by atoms with van der Waals surface area (Å²) in [5.41, 5.74) is 6.69. The van der Waals surface area contributed by atoms with Crippen LogP contribution in [0.1, 0.15) is 37.1 Å². The number of nitrogens with zero attached hydrogens (tertiary/aromatic N) is 2. The summed E-state index contributed by atoms with van der Waals surface area (Å²) >= 11 is 0. The van der Waals surface area contributed by atoms with Crippen molar-refractivity contribution in [3.05, 3.63) is 23.8 Å². The second kappa shape index (κ2) is 5.14. The molecule has 2 rings (SSSR count). The first kappa shape index (κ1) is 11.9. The van der Waals surface area contributed by atoms with Gasteiger partial charge in [-0.05, 0) is 25.0 Å². The maximum atomic E-state index is 5.70. The minimum Gasteiger partial charge on any atom is -0.461 e. The molecule has 0 aromatic carbocycles. The molecule has 0 saturated heterocycles. The molecule has 0 aliphatic carbocycles. The number of aryl methyl sites for hydroxylation is 1. The standard InChI is InChI=1S/C12H17N3O2/c1-3-4-9(7-13)12-14-11(15-17-12)10-8(2)5-6-16-10/h5-6,9H,3-4,7,13H2,1-2H3. The van der Waals surface area contributed by atoms with Crippen LogP contribution in [0.2, 0.25) is 0 Å². The van der Waals surface area contributed by atoms with Gasteiger partial charge in [0.1, 0.15) is 0 Å². The molecule has 0 radical (unpaired) electrons. The summed E-state index contributed by atoms with van der Waals surface area (Å²) in [6.45, 7) is 4.57. The minimum atomic E-state index is 0.136. The lowest BCUT2D eigenvalue weighted by Gasteiger charge is -2.06. The van der Waals surface area contributed by atoms with Crippen LogP contribution in [0.25, 0.3) is 11.6 Å². The zero-order chi connectivity index (χ0) is 12.3. The van der Waals surface area contributed by atoms with E-state index in [1.165, 1.54) is 0 Å². The third-order valence-electron chi connectivity index (χ3n) is 2.78. The van der Waals surface area contributed by atoms with Crippen LogP contribution in [-0.2, 0) is 0 Å². The van der Waals surface area contributed by atoms with E-state index in [9.17, 15) is 0 Å². The van der Waals surface area contributed by atoms with Gasteiger partial charge >= 0.3 is 0 Å². The van der Waals surface area contributed by atoms with Gasteiger partial charge in [0.2, 0.25) is 11.7 Å². The van der Waals surface area contributed by atoms with Crippen molar-refractivity contribution in [3.8, 4) is 11.6 Å². The number of hydrogen-bond donors (Lipinski definition) is 1. The fourth-order valence-corrected chi connectivity index (χ4v) is 1.79. The first-order valence-corrected chi connectivity index (χ1v) is 5.84. The van der Waals surface area contributed by atoms with Crippen LogP contribution < -0.4 is 5.73 Å². The van der Waals surface area contributed by atoms with Crippen LogP contribution >= 0.6 is 0 Å². The van der Waals surface area contributed by atoms with E-state index in [0.717, 1.165) is 18.4 Å². The van der Waals surface area contributed by atoms with Crippen LogP contribution in [0, 0.1) is 6.92 Å². The van der Waals surface area contributed by atoms with E-state index in [4.69, 9.17) is 14.7 Å². The van der Waals surface area contributed by atoms with Crippen LogP contribution in [-0.4, -0.2) is 16.7 Å². The summed E-state index contributed by atoms with van der Waals surface area (Å²) in [7, 11) is 0. The molecule has 0 saturated carbocycles. The molecule has 1 unspecified atom stereocenters. The second-order valence-corrected chi connectivity index (χ2v) is 4.11. The maximum absolute atomic E-state index is 5.70. The Bertz CT molecular complexity index is 476. The van der Waals surface area contributed by atoms with Crippen LogP contribution in [0.4, 0.5) is 0 Å². The van der Waals surface area contributed by atoms with Gasteiger partial charge in [-0.25, -0.2) is 0 Å². The molecule has 0 fully saturated rings. The Hall–Kier alpha value is -1.62. The molecular weight excluding hydrogens is 218 g/mol. The topological polar surface area (TPSA) is 78.1 Å². The van der Waals surface area contributed by atoms with Crippen molar-refractivity contribution in [2.45, 2.75) is 32.6 Å². The first-order valence-electron chi connectivity index (χ1n) is 5.84. The zero-order valence-corrected chi connectivity index (χ0v) is 10.1. The lowest BCUT2D eigenvalue weighted by atomic mass is 10.0. The van der Waals surface area contributed by atoms with Gasteiger partial charge in [0.15, 0.2) is 5.76 Å². The Morgan fingerprint density at radius 2 is 2.29 bits per heavy atom. The Labute approximate surface area is 100.0 Å². The summed E-state index contributed by atoms with van der Waals surface area (Å²) in [6.07, 6.45) is 3.61. The van der Waals surface area contributed by atoms with Gasteiger partial charge in [0.05, 0.1) is 12.2 Å². The second-order valence-electron chi connectivity index (χ2n) is 4.11. The SMILES string of the molecule is CCCC(CN)c1nc(-c2occc2C)no1. The molecule has 1 atom stereocenters. The number of nitrogens with two attached hydrogens (primary N) is 1. The Balaban J connectivity index is 2.24. The lowest BCUT2D eigenvalue weighted by Crippen LogP contribution is -2.12. The van der Waals surface area contributed by atoms with E-state index in [1.807, 2.05) is 13.0 Å². The molecule has 2 aromatic heterocycles. The van der Waals surface area contributed by atoms with Gasteiger partial charge < -0.3 is 14.7 Å². The molecule has 2 N–H and O–H groups in total. The monoisotopic (exact) mass is 235 g/mol. The van der Waals surface area contributed by atoms with Gasteiger partial charge in [-0.1, -0.05) is 18.5 Å². The van der Waals surface area contributed by atoms with E-state index < -0.39 is 0 Å². The normalized spacial score (nSPS) is 12.9. The molecule has 0 amide bonds. The molecule has 2 aromatic rings. The van der Waals surface area contributed by atoms with Gasteiger partial charge in [0.25, 0.3) is 0 Å². The van der Waals surface area contributed by atoms with Crippen molar-refractivity contribution in [2.75, 3.05) is 6.54 Å². The van der Waals surface area contributed by atoms with E-state index in [2.05, 4.69) is 17.1 Å². The van der Waals surface area contributed by atoms with E-state index in [1.54, 1.807) is 6.26 Å². The molecule has 17 heavy (non-hydrogen) atoms. The molecule has 5 nitrogen and oxygen atoms in total. The first-order chi connectivity index (χ1) is 8.26. The lowest BCUT2D eigenvalue weighted by molar-refractivity contribution is 0.347. The minimum absolute atomic E-state index is 0.136. The van der Waals surface area contributed by atoms with Crippen molar-refractivity contribution in [3.63, 3.8) is 0 Å². The predicted molar refractivity (Wildman–Crippen MR) is 63.4 cm³/mol. The van der Waals surface area contributed by atoms with Crippen LogP contribution in [0.3, 0.4) is 0 Å². The number of furan rings is 1. The number of rotatable bonds is 5. The molecular formula is C12H17N3O2. The highest BCUT2D eigenvalue weighted by Crippen LogP contribution is 2.24. The Morgan fingerprint density at radius 1 is 1.47 bits per heavy atom. The third kappa shape index (κ3) is 2.39. The highest BCUT2D eigenvalue weighted by Gasteiger charge is 2.19. The third-order valence-corrected chi connectivity index (χ3v) is 2.78. The average Bonchev–Trinajstić information content (AvgIpc) is 2.94.